The van der Waals surface area contributed by atoms with Crippen molar-refractivity contribution in [1.29, 1.82) is 0 Å². The van der Waals surface area contributed by atoms with Gasteiger partial charge in [0.05, 0.1) is 0 Å². The number of thiazole rings is 1. The predicted molar refractivity (Wildman–Crippen MR) is 71.2 cm³/mol. The van der Waals surface area contributed by atoms with Gasteiger partial charge in [0.15, 0.2) is 10.9 Å². The average molecular weight is 261 g/mol. The summed E-state index contributed by atoms with van der Waals surface area (Å²) in [5.41, 5.74) is 1.12. The van der Waals surface area contributed by atoms with Crippen molar-refractivity contribution >= 4 is 34.0 Å². The van der Waals surface area contributed by atoms with E-state index in [1.54, 1.807) is 35.8 Å². The van der Waals surface area contributed by atoms with E-state index in [1.165, 1.54) is 18.3 Å². The molecule has 92 valence electrons. The zero-order valence-electron chi connectivity index (χ0n) is 9.64. The van der Waals surface area contributed by atoms with E-state index in [1.807, 2.05) is 0 Å². The number of aromatic nitrogens is 1. The summed E-state index contributed by atoms with van der Waals surface area (Å²) in [6, 6.07) is 6.38. The Morgan fingerprint density at radius 3 is 2.78 bits per heavy atom. The summed E-state index contributed by atoms with van der Waals surface area (Å²) < 4.78 is 0. The van der Waals surface area contributed by atoms with Crippen LogP contribution in [0.4, 0.5) is 15.6 Å². The number of carbonyl (C=O) groups excluding carboxylic acids is 2. The van der Waals surface area contributed by atoms with Crippen LogP contribution < -0.4 is 10.6 Å². The van der Waals surface area contributed by atoms with Crippen molar-refractivity contribution in [2.24, 2.45) is 0 Å². The molecule has 0 saturated heterocycles. The molecule has 1 heterocycles. The van der Waals surface area contributed by atoms with E-state index in [4.69, 9.17) is 0 Å². The number of hydrogen-bond donors (Lipinski definition) is 2. The molecule has 2 amide bonds. The highest BCUT2D eigenvalue weighted by atomic mass is 32.1. The summed E-state index contributed by atoms with van der Waals surface area (Å²) in [5, 5.41) is 7.52. The first-order chi connectivity index (χ1) is 8.65. The van der Waals surface area contributed by atoms with Gasteiger partial charge in [-0.25, -0.2) is 9.78 Å². The van der Waals surface area contributed by atoms with Crippen molar-refractivity contribution in [1.82, 2.24) is 4.98 Å². The van der Waals surface area contributed by atoms with Gasteiger partial charge in [-0.1, -0.05) is 12.1 Å². The van der Waals surface area contributed by atoms with Crippen LogP contribution in [-0.4, -0.2) is 16.8 Å². The van der Waals surface area contributed by atoms with Crippen molar-refractivity contribution in [3.05, 3.63) is 41.4 Å². The van der Waals surface area contributed by atoms with Crippen LogP contribution in [0.3, 0.4) is 0 Å². The molecule has 5 nitrogen and oxygen atoms in total. The number of nitrogens with zero attached hydrogens (tertiary/aromatic N) is 1. The van der Waals surface area contributed by atoms with Crippen molar-refractivity contribution in [2.45, 2.75) is 6.92 Å². The van der Waals surface area contributed by atoms with Crippen molar-refractivity contribution in [2.75, 3.05) is 10.6 Å². The minimum Gasteiger partial charge on any atom is -0.308 e. The van der Waals surface area contributed by atoms with Crippen LogP contribution in [0.5, 0.6) is 0 Å². The van der Waals surface area contributed by atoms with Gasteiger partial charge >= 0.3 is 6.03 Å². The Morgan fingerprint density at radius 2 is 2.11 bits per heavy atom. The monoisotopic (exact) mass is 261 g/mol. The molecule has 0 aliphatic carbocycles. The van der Waals surface area contributed by atoms with Gasteiger partial charge in [-0.3, -0.25) is 10.1 Å². The lowest BCUT2D eigenvalue weighted by Crippen LogP contribution is -2.19. The van der Waals surface area contributed by atoms with Gasteiger partial charge in [-0.05, 0) is 19.1 Å². The number of benzene rings is 1. The summed E-state index contributed by atoms with van der Waals surface area (Å²) in [5.74, 6) is -0.0426. The second-order valence-corrected chi connectivity index (χ2v) is 4.45. The Bertz CT molecular complexity index is 566. The van der Waals surface area contributed by atoms with Crippen LogP contribution in [0.25, 0.3) is 0 Å². The Labute approximate surface area is 108 Å². The maximum absolute atomic E-state index is 11.6. The van der Waals surface area contributed by atoms with Crippen LogP contribution in [0.15, 0.2) is 35.8 Å². The number of hydrogen-bond acceptors (Lipinski definition) is 4. The summed E-state index contributed by atoms with van der Waals surface area (Å²) in [6.45, 7) is 1.48. The van der Waals surface area contributed by atoms with E-state index in [2.05, 4.69) is 15.6 Å². The highest BCUT2D eigenvalue weighted by molar-refractivity contribution is 7.13. The number of rotatable bonds is 3. The van der Waals surface area contributed by atoms with Crippen LogP contribution in [0, 0.1) is 0 Å². The molecule has 0 fully saturated rings. The topological polar surface area (TPSA) is 71.1 Å². The van der Waals surface area contributed by atoms with Gasteiger partial charge in [-0.15, -0.1) is 11.3 Å². The molecule has 0 bridgehead atoms. The summed E-state index contributed by atoms with van der Waals surface area (Å²) >= 11 is 1.33. The smallest absolute Gasteiger partial charge is 0.308 e. The van der Waals surface area contributed by atoms with Gasteiger partial charge in [-0.2, -0.15) is 0 Å². The lowest BCUT2D eigenvalue weighted by molar-refractivity contribution is 0.101. The molecule has 1 aromatic heterocycles. The van der Waals surface area contributed by atoms with Crippen LogP contribution >= 0.6 is 11.3 Å². The van der Waals surface area contributed by atoms with Crippen LogP contribution in [0.1, 0.15) is 17.3 Å². The minimum atomic E-state index is -0.384. The summed E-state index contributed by atoms with van der Waals surface area (Å²) in [7, 11) is 0. The van der Waals surface area contributed by atoms with Gasteiger partial charge < -0.3 is 5.32 Å². The van der Waals surface area contributed by atoms with Crippen LogP contribution in [0.2, 0.25) is 0 Å². The maximum Gasteiger partial charge on any atom is 0.325 e. The molecule has 2 aromatic rings. The largest absolute Gasteiger partial charge is 0.325 e. The Hall–Kier alpha value is -2.21. The van der Waals surface area contributed by atoms with E-state index < -0.39 is 0 Å². The Kier molecular flexibility index (Phi) is 3.69. The number of amides is 2. The van der Waals surface area contributed by atoms with E-state index in [-0.39, 0.29) is 11.8 Å². The van der Waals surface area contributed by atoms with E-state index in [9.17, 15) is 9.59 Å². The minimum absolute atomic E-state index is 0.0426. The normalized spacial score (nSPS) is 9.83. The number of Topliss-reactive ketones (excluding diaryl/α,β-unsaturated/α-hetero) is 1. The van der Waals surface area contributed by atoms with Gasteiger partial charge in [0.2, 0.25) is 0 Å². The van der Waals surface area contributed by atoms with Gasteiger partial charge in [0, 0.05) is 22.8 Å². The number of anilines is 2. The van der Waals surface area contributed by atoms with E-state index in [0.717, 1.165) is 0 Å². The van der Waals surface area contributed by atoms with Crippen LogP contribution in [-0.2, 0) is 0 Å². The molecule has 0 atom stereocenters. The fraction of sp³-hybridized carbons (Fsp3) is 0.0833. The zero-order chi connectivity index (χ0) is 13.0. The fourth-order valence-electron chi connectivity index (χ4n) is 1.36. The van der Waals surface area contributed by atoms with E-state index >= 15 is 0 Å². The second kappa shape index (κ2) is 5.42. The molecule has 0 unspecified atom stereocenters. The molecular formula is C12H11N3O2S. The first-order valence-electron chi connectivity index (χ1n) is 5.23. The standard InChI is InChI=1S/C12H11N3O2S/c1-8(16)9-3-2-4-10(7-9)14-11(17)15-12-13-5-6-18-12/h2-7H,1H3,(H2,13,14,15,17). The molecule has 1 aromatic carbocycles. The molecule has 0 aliphatic rings. The first kappa shape index (κ1) is 12.3. The number of urea groups is 1. The number of ketones is 1. The zero-order valence-corrected chi connectivity index (χ0v) is 10.5. The summed E-state index contributed by atoms with van der Waals surface area (Å²) in [6.07, 6.45) is 1.61. The lowest BCUT2D eigenvalue weighted by Gasteiger charge is -2.06. The highest BCUT2D eigenvalue weighted by Crippen LogP contribution is 2.13. The Balaban J connectivity index is 2.03. The third-order valence-corrected chi connectivity index (χ3v) is 2.87. The van der Waals surface area contributed by atoms with Crippen molar-refractivity contribution < 1.29 is 9.59 Å². The van der Waals surface area contributed by atoms with Gasteiger partial charge in [0.1, 0.15) is 0 Å². The average Bonchev–Trinajstić information content (AvgIpc) is 2.82. The fourth-order valence-corrected chi connectivity index (χ4v) is 1.88. The quantitative estimate of drug-likeness (QED) is 0.834. The molecular weight excluding hydrogens is 250 g/mol. The predicted octanol–water partition coefficient (Wildman–Crippen LogP) is 2.99. The molecule has 6 heteroatoms. The third-order valence-electron chi connectivity index (χ3n) is 2.18. The lowest BCUT2D eigenvalue weighted by atomic mass is 10.1. The molecule has 0 spiro atoms. The number of carbonyl (C=O) groups is 2. The van der Waals surface area contributed by atoms with Gasteiger partial charge in [0.25, 0.3) is 0 Å². The highest BCUT2D eigenvalue weighted by Gasteiger charge is 2.05. The maximum atomic E-state index is 11.6. The molecule has 0 saturated carbocycles. The molecule has 0 radical (unpaired) electrons. The Morgan fingerprint density at radius 1 is 1.28 bits per heavy atom. The van der Waals surface area contributed by atoms with E-state index in [0.29, 0.717) is 16.4 Å². The molecule has 2 N–H and O–H groups in total. The number of nitrogens with one attached hydrogen (secondary N) is 2. The second-order valence-electron chi connectivity index (χ2n) is 3.55. The molecule has 0 aliphatic heterocycles. The molecule has 2 rings (SSSR count). The summed E-state index contributed by atoms with van der Waals surface area (Å²) in [4.78, 5) is 26.8. The van der Waals surface area contributed by atoms with Crippen molar-refractivity contribution in [3.63, 3.8) is 0 Å². The van der Waals surface area contributed by atoms with Crippen molar-refractivity contribution in [3.8, 4) is 0 Å². The third kappa shape index (κ3) is 3.14. The first-order valence-corrected chi connectivity index (χ1v) is 6.11. The SMILES string of the molecule is CC(=O)c1cccc(NC(=O)Nc2nccs2)c1. The molecule has 18 heavy (non-hydrogen) atoms.